The number of rotatable bonds is 3. The monoisotopic (exact) mass is 389 g/mol. The normalized spacial score (nSPS) is 23.3. The van der Waals surface area contributed by atoms with Gasteiger partial charge in [-0.25, -0.2) is 9.97 Å². The Kier molecular flexibility index (Phi) is 5.24. The Morgan fingerprint density at radius 2 is 1.92 bits per heavy atom. The van der Waals surface area contributed by atoms with Gasteiger partial charge >= 0.3 is 0 Å². The summed E-state index contributed by atoms with van der Waals surface area (Å²) in [5.41, 5.74) is 1.45. The highest BCUT2D eigenvalue weighted by Gasteiger charge is 2.26. The lowest BCUT2D eigenvalue weighted by molar-refractivity contribution is -0.130. The molecule has 0 radical (unpaired) electrons. The predicted octanol–water partition coefficient (Wildman–Crippen LogP) is 4.48. The van der Waals surface area contributed by atoms with E-state index in [0.717, 1.165) is 35.2 Å². The molecule has 1 aliphatic heterocycles. The molecule has 0 spiro atoms. The van der Waals surface area contributed by atoms with Crippen molar-refractivity contribution in [1.82, 2.24) is 14.9 Å². The van der Waals surface area contributed by atoms with Gasteiger partial charge in [-0.2, -0.15) is 0 Å². The molecule has 6 heteroatoms. The fraction of sp³-hybridized carbons (Fsp3) is 0.650. The van der Waals surface area contributed by atoms with Crippen LogP contribution in [0.5, 0.6) is 0 Å². The van der Waals surface area contributed by atoms with E-state index in [4.69, 9.17) is 4.98 Å². The van der Waals surface area contributed by atoms with E-state index in [1.54, 1.807) is 11.8 Å². The number of carbonyl (C=O) groups is 1. The molecule has 2 aliphatic rings. The van der Waals surface area contributed by atoms with Gasteiger partial charge in [0.1, 0.15) is 15.7 Å². The van der Waals surface area contributed by atoms with Crippen LogP contribution in [0.4, 0.5) is 0 Å². The Morgan fingerprint density at radius 1 is 1.19 bits per heavy atom. The number of likely N-dealkylation sites (tertiary alicyclic amines) is 1. The van der Waals surface area contributed by atoms with Gasteiger partial charge in [-0.3, -0.25) is 4.79 Å². The van der Waals surface area contributed by atoms with Crippen molar-refractivity contribution < 1.29 is 4.79 Å². The molecule has 2 aromatic heterocycles. The van der Waals surface area contributed by atoms with E-state index in [-0.39, 0.29) is 5.91 Å². The van der Waals surface area contributed by atoms with Crippen molar-refractivity contribution in [2.24, 2.45) is 11.8 Å². The van der Waals surface area contributed by atoms with Crippen molar-refractivity contribution in [2.75, 3.05) is 18.8 Å². The molecule has 2 aromatic rings. The molecule has 3 heterocycles. The first kappa shape index (κ1) is 18.2. The van der Waals surface area contributed by atoms with Crippen LogP contribution in [0.15, 0.2) is 5.03 Å². The lowest BCUT2D eigenvalue weighted by Crippen LogP contribution is -2.43. The van der Waals surface area contributed by atoms with E-state index in [9.17, 15) is 4.79 Å². The lowest BCUT2D eigenvalue weighted by Gasteiger charge is -2.35. The van der Waals surface area contributed by atoms with Gasteiger partial charge in [-0.15, -0.1) is 11.3 Å². The van der Waals surface area contributed by atoms with Gasteiger partial charge < -0.3 is 4.90 Å². The summed E-state index contributed by atoms with van der Waals surface area (Å²) < 4.78 is 0. The van der Waals surface area contributed by atoms with E-state index in [1.807, 2.05) is 18.3 Å². The zero-order valence-corrected chi connectivity index (χ0v) is 17.5. The summed E-state index contributed by atoms with van der Waals surface area (Å²) in [7, 11) is 0. The van der Waals surface area contributed by atoms with Gasteiger partial charge in [-0.1, -0.05) is 25.6 Å². The summed E-state index contributed by atoms with van der Waals surface area (Å²) in [5.74, 6) is 2.75. The van der Waals surface area contributed by atoms with Crippen LogP contribution in [-0.2, 0) is 17.6 Å². The fourth-order valence-corrected chi connectivity index (χ4v) is 6.79. The minimum Gasteiger partial charge on any atom is -0.341 e. The first-order valence-corrected chi connectivity index (χ1v) is 11.5. The molecule has 1 amide bonds. The summed E-state index contributed by atoms with van der Waals surface area (Å²) in [4.78, 5) is 26.8. The molecular formula is C20H27N3OS2. The van der Waals surface area contributed by atoms with Gasteiger partial charge in [-0.05, 0) is 56.4 Å². The number of carbonyl (C=O) groups excluding carboxylic acids is 1. The largest absolute Gasteiger partial charge is 0.341 e. The summed E-state index contributed by atoms with van der Waals surface area (Å²) in [5, 5.41) is 2.24. The van der Waals surface area contributed by atoms with E-state index < -0.39 is 0 Å². The average Bonchev–Trinajstić information content (AvgIpc) is 2.96. The maximum atomic E-state index is 12.8. The second-order valence-corrected chi connectivity index (χ2v) is 10.0. The molecule has 1 saturated heterocycles. The summed E-state index contributed by atoms with van der Waals surface area (Å²) in [6.07, 6.45) is 6.05. The molecular weight excluding hydrogens is 362 g/mol. The fourth-order valence-electron chi connectivity index (χ4n) is 4.42. The number of hydrogen-bond acceptors (Lipinski definition) is 5. The van der Waals surface area contributed by atoms with Gasteiger partial charge in [0.15, 0.2) is 0 Å². The second kappa shape index (κ2) is 7.47. The maximum absolute atomic E-state index is 12.8. The third kappa shape index (κ3) is 3.63. The molecule has 2 atom stereocenters. The maximum Gasteiger partial charge on any atom is 0.233 e. The molecule has 0 saturated carbocycles. The molecule has 0 unspecified atom stereocenters. The zero-order chi connectivity index (χ0) is 18.3. The number of hydrogen-bond donors (Lipinski definition) is 0. The van der Waals surface area contributed by atoms with Crippen LogP contribution < -0.4 is 0 Å². The third-order valence-electron chi connectivity index (χ3n) is 5.45. The Morgan fingerprint density at radius 3 is 2.69 bits per heavy atom. The Bertz CT molecular complexity index is 822. The Hall–Kier alpha value is -1.14. The van der Waals surface area contributed by atoms with Crippen LogP contribution in [0.1, 0.15) is 49.4 Å². The minimum atomic E-state index is 0.252. The van der Waals surface area contributed by atoms with Crippen molar-refractivity contribution in [3.05, 3.63) is 16.3 Å². The van der Waals surface area contributed by atoms with E-state index >= 15 is 0 Å². The van der Waals surface area contributed by atoms with Crippen LogP contribution in [-0.4, -0.2) is 39.6 Å². The summed E-state index contributed by atoms with van der Waals surface area (Å²) in [6.45, 7) is 8.25. The number of piperidine rings is 1. The van der Waals surface area contributed by atoms with Crippen LogP contribution in [0.3, 0.4) is 0 Å². The van der Waals surface area contributed by atoms with Crippen LogP contribution in [0.2, 0.25) is 0 Å². The summed E-state index contributed by atoms with van der Waals surface area (Å²) >= 11 is 3.44. The first-order valence-electron chi connectivity index (χ1n) is 9.70. The highest BCUT2D eigenvalue weighted by Crippen LogP contribution is 2.39. The van der Waals surface area contributed by atoms with E-state index in [0.29, 0.717) is 17.6 Å². The van der Waals surface area contributed by atoms with Gasteiger partial charge in [0.2, 0.25) is 5.91 Å². The Balaban J connectivity index is 1.55. The van der Waals surface area contributed by atoms with E-state index in [1.165, 1.54) is 41.5 Å². The van der Waals surface area contributed by atoms with Gasteiger partial charge in [0.25, 0.3) is 0 Å². The second-order valence-electron chi connectivity index (χ2n) is 8.00. The quantitative estimate of drug-likeness (QED) is 0.574. The summed E-state index contributed by atoms with van der Waals surface area (Å²) in [6, 6.07) is 0. The highest BCUT2D eigenvalue weighted by molar-refractivity contribution is 8.00. The van der Waals surface area contributed by atoms with Crippen molar-refractivity contribution in [2.45, 2.75) is 57.9 Å². The molecule has 1 aliphatic carbocycles. The van der Waals surface area contributed by atoms with Crippen LogP contribution in [0, 0.1) is 18.8 Å². The third-order valence-corrected chi connectivity index (χ3v) is 7.59. The van der Waals surface area contributed by atoms with Crippen molar-refractivity contribution >= 4 is 39.2 Å². The Labute approximate surface area is 163 Å². The molecule has 0 N–H and O–H groups in total. The molecule has 4 nitrogen and oxygen atoms in total. The van der Waals surface area contributed by atoms with Gasteiger partial charge in [0.05, 0.1) is 5.75 Å². The number of amides is 1. The SMILES string of the molecule is Cc1nc(SCC(=O)N2C[C@@H](C)C[C@H](C)C2)c2c3c(sc2n1)CCCC3. The molecule has 1 fully saturated rings. The highest BCUT2D eigenvalue weighted by atomic mass is 32.2. The number of aromatic nitrogens is 2. The molecule has 0 bridgehead atoms. The first-order chi connectivity index (χ1) is 12.5. The zero-order valence-electron chi connectivity index (χ0n) is 15.9. The van der Waals surface area contributed by atoms with Crippen molar-refractivity contribution in [3.8, 4) is 0 Å². The van der Waals surface area contributed by atoms with Crippen molar-refractivity contribution in [3.63, 3.8) is 0 Å². The molecule has 4 rings (SSSR count). The number of fused-ring (bicyclic) bond motifs is 3. The van der Waals surface area contributed by atoms with E-state index in [2.05, 4.69) is 23.7 Å². The minimum absolute atomic E-state index is 0.252. The molecule has 140 valence electrons. The molecule has 26 heavy (non-hydrogen) atoms. The van der Waals surface area contributed by atoms with Crippen molar-refractivity contribution in [1.29, 1.82) is 0 Å². The number of thiophene rings is 1. The van der Waals surface area contributed by atoms with Crippen LogP contribution in [0.25, 0.3) is 10.2 Å². The molecule has 0 aromatic carbocycles. The number of nitrogens with zero attached hydrogens (tertiary/aromatic N) is 3. The number of thioether (sulfide) groups is 1. The lowest BCUT2D eigenvalue weighted by atomic mass is 9.92. The average molecular weight is 390 g/mol. The topological polar surface area (TPSA) is 46.1 Å². The van der Waals surface area contributed by atoms with Gasteiger partial charge in [0, 0.05) is 23.4 Å². The van der Waals surface area contributed by atoms with Crippen LogP contribution >= 0.6 is 23.1 Å². The standard InChI is InChI=1S/C20H27N3OS2/c1-12-8-13(2)10-23(9-12)17(24)11-25-19-18-15-6-4-5-7-16(15)26-20(18)22-14(3)21-19/h12-13H,4-11H2,1-3H3/t12-,13-/m0/s1. The number of aryl methyl sites for hydroxylation is 3. The predicted molar refractivity (Wildman–Crippen MR) is 109 cm³/mol. The smallest absolute Gasteiger partial charge is 0.233 e.